The quantitative estimate of drug-likeness (QED) is 0.766. The van der Waals surface area contributed by atoms with E-state index in [9.17, 15) is 4.79 Å². The van der Waals surface area contributed by atoms with E-state index in [0.29, 0.717) is 23.4 Å². The average Bonchev–Trinajstić information content (AvgIpc) is 2.75. The topological polar surface area (TPSA) is 76.1 Å². The van der Waals surface area contributed by atoms with Crippen molar-refractivity contribution in [3.8, 4) is 0 Å². The van der Waals surface area contributed by atoms with E-state index in [1.54, 1.807) is 0 Å². The molecule has 0 aliphatic rings. The normalized spacial score (nSPS) is 12.2. The molecular formula is C10H18N4O2S. The molecule has 1 unspecified atom stereocenters. The predicted molar refractivity (Wildman–Crippen MR) is 67.5 cm³/mol. The van der Waals surface area contributed by atoms with Crippen molar-refractivity contribution >= 4 is 22.4 Å². The Balaban J connectivity index is 2.45. The molecule has 7 heteroatoms. The first kappa shape index (κ1) is 13.9. The van der Waals surface area contributed by atoms with Crippen LogP contribution in [0.15, 0.2) is 0 Å². The summed E-state index contributed by atoms with van der Waals surface area (Å²) in [7, 11) is 0. The first-order valence-corrected chi connectivity index (χ1v) is 6.45. The first-order chi connectivity index (χ1) is 8.17. The lowest BCUT2D eigenvalue weighted by Crippen LogP contribution is -2.35. The van der Waals surface area contributed by atoms with E-state index in [4.69, 9.17) is 4.74 Å². The number of anilines is 1. The molecule has 6 nitrogen and oxygen atoms in total. The van der Waals surface area contributed by atoms with E-state index < -0.39 is 0 Å². The molecular weight excluding hydrogens is 240 g/mol. The number of ether oxygens (including phenoxy) is 1. The van der Waals surface area contributed by atoms with Crippen molar-refractivity contribution in [3.63, 3.8) is 0 Å². The molecule has 1 heterocycles. The summed E-state index contributed by atoms with van der Waals surface area (Å²) in [6.45, 7) is 7.68. The Morgan fingerprint density at radius 2 is 2.24 bits per heavy atom. The van der Waals surface area contributed by atoms with Crippen molar-refractivity contribution in [1.82, 2.24) is 15.5 Å². The molecule has 0 fully saturated rings. The van der Waals surface area contributed by atoms with Crippen LogP contribution in [0.1, 0.15) is 30.6 Å². The average molecular weight is 258 g/mol. The van der Waals surface area contributed by atoms with E-state index in [1.165, 1.54) is 11.3 Å². The highest BCUT2D eigenvalue weighted by molar-refractivity contribution is 7.17. The van der Waals surface area contributed by atoms with Crippen molar-refractivity contribution in [2.24, 2.45) is 0 Å². The smallest absolute Gasteiger partial charge is 0.282 e. The van der Waals surface area contributed by atoms with Gasteiger partial charge >= 0.3 is 0 Å². The van der Waals surface area contributed by atoms with Crippen LogP contribution in [-0.4, -0.2) is 41.9 Å². The van der Waals surface area contributed by atoms with Gasteiger partial charge in [0.15, 0.2) is 0 Å². The lowest BCUT2D eigenvalue weighted by molar-refractivity contribution is 0.0871. The Morgan fingerprint density at radius 1 is 1.47 bits per heavy atom. The lowest BCUT2D eigenvalue weighted by Gasteiger charge is -2.11. The maximum absolute atomic E-state index is 11.7. The minimum absolute atomic E-state index is 0.0334. The highest BCUT2D eigenvalue weighted by Crippen LogP contribution is 2.14. The number of carbonyl (C=O) groups is 1. The molecule has 0 spiro atoms. The number of hydrogen-bond donors (Lipinski definition) is 2. The highest BCUT2D eigenvalue weighted by Gasteiger charge is 2.14. The van der Waals surface area contributed by atoms with Crippen LogP contribution in [0.2, 0.25) is 0 Å². The molecule has 1 aromatic heterocycles. The Bertz CT molecular complexity index is 356. The molecule has 0 radical (unpaired) electrons. The Morgan fingerprint density at radius 3 is 2.88 bits per heavy atom. The zero-order valence-electron chi connectivity index (χ0n) is 10.3. The Labute approximate surface area is 105 Å². The standard InChI is InChI=1S/C10H18N4O2S/c1-4-11-10-14-13-9(17-10)8(15)12-7(3)6-16-5-2/h7H,4-6H2,1-3H3,(H,11,14)(H,12,15). The Kier molecular flexibility index (Phi) is 5.85. The molecule has 0 aliphatic carbocycles. The second-order valence-electron chi connectivity index (χ2n) is 3.48. The fourth-order valence-electron chi connectivity index (χ4n) is 1.16. The van der Waals surface area contributed by atoms with Crippen LogP contribution in [0.5, 0.6) is 0 Å². The maximum Gasteiger partial charge on any atom is 0.282 e. The molecule has 0 bridgehead atoms. The molecule has 1 rings (SSSR count). The van der Waals surface area contributed by atoms with Crippen LogP contribution < -0.4 is 10.6 Å². The second kappa shape index (κ2) is 7.18. The number of nitrogens with one attached hydrogen (secondary N) is 2. The fourth-order valence-corrected chi connectivity index (χ4v) is 1.87. The van der Waals surface area contributed by atoms with Gasteiger partial charge in [0.1, 0.15) is 0 Å². The molecule has 0 saturated carbocycles. The summed E-state index contributed by atoms with van der Waals surface area (Å²) in [5, 5.41) is 14.5. The van der Waals surface area contributed by atoms with Gasteiger partial charge in [-0.1, -0.05) is 11.3 Å². The fraction of sp³-hybridized carbons (Fsp3) is 0.700. The van der Waals surface area contributed by atoms with Crippen LogP contribution in [0.3, 0.4) is 0 Å². The van der Waals surface area contributed by atoms with Gasteiger partial charge in [-0.05, 0) is 20.8 Å². The molecule has 0 aliphatic heterocycles. The monoisotopic (exact) mass is 258 g/mol. The summed E-state index contributed by atoms with van der Waals surface area (Å²) in [6.07, 6.45) is 0. The SMILES string of the molecule is CCNc1nnc(C(=O)NC(C)COCC)s1. The zero-order valence-corrected chi connectivity index (χ0v) is 11.1. The summed E-state index contributed by atoms with van der Waals surface area (Å²) >= 11 is 1.25. The number of nitrogens with zero attached hydrogens (tertiary/aromatic N) is 2. The van der Waals surface area contributed by atoms with Gasteiger partial charge in [-0.3, -0.25) is 4.79 Å². The summed E-state index contributed by atoms with van der Waals surface area (Å²) in [5.74, 6) is -0.209. The van der Waals surface area contributed by atoms with Gasteiger partial charge in [0.25, 0.3) is 5.91 Å². The molecule has 1 amide bonds. The highest BCUT2D eigenvalue weighted by atomic mass is 32.1. The molecule has 1 aromatic rings. The van der Waals surface area contributed by atoms with Crippen molar-refractivity contribution in [2.75, 3.05) is 25.1 Å². The van der Waals surface area contributed by atoms with Crippen LogP contribution in [-0.2, 0) is 4.74 Å². The van der Waals surface area contributed by atoms with Gasteiger partial charge in [0, 0.05) is 19.2 Å². The molecule has 17 heavy (non-hydrogen) atoms. The largest absolute Gasteiger partial charge is 0.380 e. The van der Waals surface area contributed by atoms with E-state index in [2.05, 4.69) is 20.8 Å². The number of carbonyl (C=O) groups excluding carboxylic acids is 1. The van der Waals surface area contributed by atoms with E-state index >= 15 is 0 Å². The van der Waals surface area contributed by atoms with E-state index in [0.717, 1.165) is 6.54 Å². The summed E-state index contributed by atoms with van der Waals surface area (Å²) in [5.41, 5.74) is 0. The van der Waals surface area contributed by atoms with Crippen LogP contribution >= 0.6 is 11.3 Å². The van der Waals surface area contributed by atoms with Gasteiger partial charge in [-0.25, -0.2) is 0 Å². The van der Waals surface area contributed by atoms with Crippen molar-refractivity contribution in [1.29, 1.82) is 0 Å². The van der Waals surface area contributed by atoms with Gasteiger partial charge in [0.05, 0.1) is 6.61 Å². The molecule has 1 atom stereocenters. The summed E-state index contributed by atoms with van der Waals surface area (Å²) in [4.78, 5) is 11.7. The minimum Gasteiger partial charge on any atom is -0.380 e. The molecule has 96 valence electrons. The van der Waals surface area contributed by atoms with E-state index in [1.807, 2.05) is 20.8 Å². The lowest BCUT2D eigenvalue weighted by atomic mass is 10.3. The Hall–Kier alpha value is -1.21. The molecule has 0 aromatic carbocycles. The van der Waals surface area contributed by atoms with Crippen LogP contribution in [0, 0.1) is 0 Å². The number of amides is 1. The van der Waals surface area contributed by atoms with Gasteiger partial charge in [-0.2, -0.15) is 0 Å². The van der Waals surface area contributed by atoms with Crippen molar-refractivity contribution in [3.05, 3.63) is 5.01 Å². The number of aromatic nitrogens is 2. The number of rotatable bonds is 7. The number of hydrogen-bond acceptors (Lipinski definition) is 6. The maximum atomic E-state index is 11.7. The third-order valence-electron chi connectivity index (χ3n) is 1.90. The summed E-state index contributed by atoms with van der Waals surface area (Å²) < 4.78 is 5.22. The van der Waals surface area contributed by atoms with Gasteiger partial charge in [-0.15, -0.1) is 10.2 Å². The van der Waals surface area contributed by atoms with Crippen molar-refractivity contribution < 1.29 is 9.53 Å². The molecule has 2 N–H and O–H groups in total. The predicted octanol–water partition coefficient (Wildman–Crippen LogP) is 1.12. The van der Waals surface area contributed by atoms with Gasteiger partial charge < -0.3 is 15.4 Å². The third-order valence-corrected chi connectivity index (χ3v) is 2.78. The summed E-state index contributed by atoms with van der Waals surface area (Å²) in [6, 6.07) is -0.0334. The van der Waals surface area contributed by atoms with E-state index in [-0.39, 0.29) is 11.9 Å². The first-order valence-electron chi connectivity index (χ1n) is 5.63. The van der Waals surface area contributed by atoms with Gasteiger partial charge in [0.2, 0.25) is 10.1 Å². The van der Waals surface area contributed by atoms with Crippen LogP contribution in [0.4, 0.5) is 5.13 Å². The second-order valence-corrected chi connectivity index (χ2v) is 4.45. The minimum atomic E-state index is -0.209. The van der Waals surface area contributed by atoms with Crippen LogP contribution in [0.25, 0.3) is 0 Å². The zero-order chi connectivity index (χ0) is 12.7. The van der Waals surface area contributed by atoms with Crippen molar-refractivity contribution in [2.45, 2.75) is 26.8 Å². The third kappa shape index (κ3) is 4.66. The molecule has 0 saturated heterocycles.